The summed E-state index contributed by atoms with van der Waals surface area (Å²) in [6, 6.07) is 6.49. The van der Waals surface area contributed by atoms with Gasteiger partial charge in [-0.05, 0) is 69.5 Å². The van der Waals surface area contributed by atoms with E-state index in [9.17, 15) is 4.79 Å². The Hall–Kier alpha value is -2.21. The van der Waals surface area contributed by atoms with Gasteiger partial charge in [-0.2, -0.15) is 5.10 Å². The van der Waals surface area contributed by atoms with Crippen molar-refractivity contribution in [2.45, 2.75) is 38.6 Å². The van der Waals surface area contributed by atoms with E-state index in [1.54, 1.807) is 11.0 Å². The van der Waals surface area contributed by atoms with Crippen LogP contribution in [0, 0.1) is 6.92 Å². The highest BCUT2D eigenvalue weighted by Gasteiger charge is 2.28. The molecule has 0 unspecified atom stereocenters. The van der Waals surface area contributed by atoms with Gasteiger partial charge in [0, 0.05) is 24.7 Å². The molecular weight excluding hydrogens is 314 g/mol. The van der Waals surface area contributed by atoms with Gasteiger partial charge in [0.25, 0.3) is 5.91 Å². The van der Waals surface area contributed by atoms with Crippen LogP contribution in [0.25, 0.3) is 5.69 Å². The van der Waals surface area contributed by atoms with E-state index >= 15 is 0 Å². The summed E-state index contributed by atoms with van der Waals surface area (Å²) in [6.45, 7) is 6.21. The van der Waals surface area contributed by atoms with Gasteiger partial charge < -0.3 is 9.80 Å². The summed E-state index contributed by atoms with van der Waals surface area (Å²) < 4.78 is 1.73. The molecule has 0 bridgehead atoms. The molecule has 1 amide bonds. The van der Waals surface area contributed by atoms with Crippen molar-refractivity contribution in [2.75, 3.05) is 26.2 Å². The van der Waals surface area contributed by atoms with Crippen LogP contribution in [0.3, 0.4) is 0 Å². The number of benzene rings is 1. The maximum atomic E-state index is 12.9. The molecule has 6 heteroatoms. The van der Waals surface area contributed by atoms with Crippen molar-refractivity contribution < 1.29 is 4.79 Å². The summed E-state index contributed by atoms with van der Waals surface area (Å²) in [4.78, 5) is 21.5. The Balaban J connectivity index is 1.42. The Morgan fingerprint density at radius 2 is 1.88 bits per heavy atom. The first-order chi connectivity index (χ1) is 12.2. The molecule has 2 fully saturated rings. The fraction of sp³-hybridized carbons (Fsp3) is 0.526. The standard InChI is InChI=1S/C19H25N5O/c1-15-12-16(4-5-18(15)24-14-20-13-21-24)19(25)23-10-6-17(7-11-23)22-8-2-3-9-22/h4-5,12-14,17H,2-3,6-11H2,1H3. The lowest BCUT2D eigenvalue weighted by Gasteiger charge is -2.36. The number of likely N-dealkylation sites (tertiary alicyclic amines) is 2. The molecule has 2 saturated heterocycles. The summed E-state index contributed by atoms with van der Waals surface area (Å²) in [7, 11) is 0. The minimum Gasteiger partial charge on any atom is -0.339 e. The number of aromatic nitrogens is 3. The number of aryl methyl sites for hydroxylation is 1. The second-order valence-electron chi connectivity index (χ2n) is 7.11. The molecule has 132 valence electrons. The van der Waals surface area contributed by atoms with Crippen LogP contribution < -0.4 is 0 Å². The average Bonchev–Trinajstić information content (AvgIpc) is 3.35. The van der Waals surface area contributed by atoms with Gasteiger partial charge in [-0.15, -0.1) is 0 Å². The topological polar surface area (TPSA) is 54.3 Å². The first kappa shape index (κ1) is 16.3. The van der Waals surface area contributed by atoms with Crippen LogP contribution in [0.2, 0.25) is 0 Å². The van der Waals surface area contributed by atoms with Crippen LogP contribution in [0.15, 0.2) is 30.9 Å². The molecule has 1 aromatic carbocycles. The van der Waals surface area contributed by atoms with E-state index in [0.717, 1.165) is 42.7 Å². The predicted octanol–water partition coefficient (Wildman–Crippen LogP) is 2.28. The summed E-state index contributed by atoms with van der Waals surface area (Å²) in [5, 5.41) is 4.16. The van der Waals surface area contributed by atoms with Gasteiger partial charge in [-0.3, -0.25) is 4.79 Å². The van der Waals surface area contributed by atoms with E-state index < -0.39 is 0 Å². The molecular formula is C19H25N5O. The smallest absolute Gasteiger partial charge is 0.253 e. The maximum Gasteiger partial charge on any atom is 0.253 e. The number of hydrogen-bond acceptors (Lipinski definition) is 4. The summed E-state index contributed by atoms with van der Waals surface area (Å²) in [6.07, 6.45) is 8.05. The Morgan fingerprint density at radius 1 is 1.12 bits per heavy atom. The molecule has 2 aliphatic rings. The summed E-state index contributed by atoms with van der Waals surface area (Å²) >= 11 is 0. The Morgan fingerprint density at radius 3 is 2.52 bits per heavy atom. The molecule has 0 aliphatic carbocycles. The zero-order valence-corrected chi connectivity index (χ0v) is 14.8. The third-order valence-electron chi connectivity index (χ3n) is 5.52. The van der Waals surface area contributed by atoms with Gasteiger partial charge >= 0.3 is 0 Å². The molecule has 6 nitrogen and oxygen atoms in total. The zero-order chi connectivity index (χ0) is 17.2. The fourth-order valence-corrected chi connectivity index (χ4v) is 4.10. The quantitative estimate of drug-likeness (QED) is 0.861. The third kappa shape index (κ3) is 3.31. The normalized spacial score (nSPS) is 19.5. The van der Waals surface area contributed by atoms with E-state index in [1.165, 1.54) is 32.3 Å². The zero-order valence-electron chi connectivity index (χ0n) is 14.8. The first-order valence-electron chi connectivity index (χ1n) is 9.21. The molecule has 0 spiro atoms. The van der Waals surface area contributed by atoms with Crippen molar-refractivity contribution in [1.29, 1.82) is 0 Å². The Labute approximate surface area is 148 Å². The van der Waals surface area contributed by atoms with Crippen molar-refractivity contribution in [1.82, 2.24) is 24.6 Å². The van der Waals surface area contributed by atoms with Crippen molar-refractivity contribution in [3.8, 4) is 5.69 Å². The van der Waals surface area contributed by atoms with Crippen molar-refractivity contribution in [3.63, 3.8) is 0 Å². The van der Waals surface area contributed by atoms with Gasteiger partial charge in [-0.1, -0.05) is 0 Å². The van der Waals surface area contributed by atoms with Gasteiger partial charge in [0.1, 0.15) is 12.7 Å². The molecule has 1 aromatic heterocycles. The van der Waals surface area contributed by atoms with Crippen LogP contribution in [0.4, 0.5) is 0 Å². The number of hydrogen-bond donors (Lipinski definition) is 0. The molecule has 0 N–H and O–H groups in total. The average molecular weight is 339 g/mol. The van der Waals surface area contributed by atoms with Gasteiger partial charge in [0.15, 0.2) is 0 Å². The lowest BCUT2D eigenvalue weighted by Crippen LogP contribution is -2.45. The van der Waals surface area contributed by atoms with Crippen LogP contribution in [0.5, 0.6) is 0 Å². The molecule has 25 heavy (non-hydrogen) atoms. The van der Waals surface area contributed by atoms with Gasteiger partial charge in [0.05, 0.1) is 5.69 Å². The summed E-state index contributed by atoms with van der Waals surface area (Å²) in [5.41, 5.74) is 2.76. The van der Waals surface area contributed by atoms with Crippen molar-refractivity contribution in [3.05, 3.63) is 42.0 Å². The molecule has 2 aromatic rings. The highest BCUT2D eigenvalue weighted by atomic mass is 16.2. The number of carbonyl (C=O) groups is 1. The lowest BCUT2D eigenvalue weighted by molar-refractivity contribution is 0.0644. The largest absolute Gasteiger partial charge is 0.339 e. The third-order valence-corrected chi connectivity index (χ3v) is 5.52. The van der Waals surface area contributed by atoms with E-state index in [1.807, 2.05) is 30.0 Å². The fourth-order valence-electron chi connectivity index (χ4n) is 4.10. The van der Waals surface area contributed by atoms with Crippen LogP contribution >= 0.6 is 0 Å². The number of carbonyl (C=O) groups excluding carboxylic acids is 1. The van der Waals surface area contributed by atoms with Gasteiger partial charge in [-0.25, -0.2) is 9.67 Å². The minimum absolute atomic E-state index is 0.146. The molecule has 3 heterocycles. The molecule has 0 atom stereocenters. The molecule has 0 radical (unpaired) electrons. The van der Waals surface area contributed by atoms with E-state index in [4.69, 9.17) is 0 Å². The maximum absolute atomic E-state index is 12.9. The van der Waals surface area contributed by atoms with Crippen LogP contribution in [0.1, 0.15) is 41.6 Å². The highest BCUT2D eigenvalue weighted by Crippen LogP contribution is 2.23. The molecule has 4 rings (SSSR count). The lowest BCUT2D eigenvalue weighted by atomic mass is 10.0. The molecule has 0 saturated carbocycles. The second kappa shape index (κ2) is 6.96. The predicted molar refractivity (Wildman–Crippen MR) is 95.8 cm³/mol. The second-order valence-corrected chi connectivity index (χ2v) is 7.11. The molecule has 2 aliphatic heterocycles. The minimum atomic E-state index is 0.146. The van der Waals surface area contributed by atoms with Crippen LogP contribution in [-0.2, 0) is 0 Å². The van der Waals surface area contributed by atoms with Crippen LogP contribution in [-0.4, -0.2) is 62.7 Å². The van der Waals surface area contributed by atoms with E-state index in [-0.39, 0.29) is 5.91 Å². The van der Waals surface area contributed by atoms with Crippen molar-refractivity contribution >= 4 is 5.91 Å². The number of nitrogens with zero attached hydrogens (tertiary/aromatic N) is 5. The van der Waals surface area contributed by atoms with Gasteiger partial charge in [0.2, 0.25) is 0 Å². The SMILES string of the molecule is Cc1cc(C(=O)N2CCC(N3CCCC3)CC2)ccc1-n1cncn1. The van der Waals surface area contributed by atoms with E-state index in [0.29, 0.717) is 6.04 Å². The monoisotopic (exact) mass is 339 g/mol. The number of rotatable bonds is 3. The summed E-state index contributed by atoms with van der Waals surface area (Å²) in [5.74, 6) is 0.146. The van der Waals surface area contributed by atoms with E-state index in [2.05, 4.69) is 15.0 Å². The first-order valence-corrected chi connectivity index (χ1v) is 9.21. The van der Waals surface area contributed by atoms with Crippen molar-refractivity contribution in [2.24, 2.45) is 0 Å². The Kier molecular flexibility index (Phi) is 4.53. The number of piperidine rings is 1. The highest BCUT2D eigenvalue weighted by molar-refractivity contribution is 5.94. The Bertz CT molecular complexity index is 728. The number of amides is 1.